The quantitative estimate of drug-likeness (QED) is 0.0306. The molecule has 0 bridgehead atoms. The highest BCUT2D eigenvalue weighted by Gasteiger charge is 2.41. The van der Waals surface area contributed by atoms with Crippen molar-refractivity contribution in [1.29, 1.82) is 0 Å². The van der Waals surface area contributed by atoms with Gasteiger partial charge in [-0.1, -0.05) is 93.6 Å². The lowest BCUT2D eigenvalue weighted by molar-refractivity contribution is -0.173. The molecule has 0 aliphatic carbocycles. The number of amides is 1. The second-order valence-corrected chi connectivity index (χ2v) is 18.0. The van der Waals surface area contributed by atoms with Crippen LogP contribution in [0.3, 0.4) is 0 Å². The number of unbranched alkanes of at least 4 members (excludes halogenated alkanes) is 2. The molecule has 0 aliphatic rings. The van der Waals surface area contributed by atoms with Crippen molar-refractivity contribution < 1.29 is 46.0 Å². The number of hydrogen-bond acceptors (Lipinski definition) is 8. The van der Waals surface area contributed by atoms with Crippen LogP contribution < -0.4 is 14.8 Å². The number of aryl methyl sites for hydroxylation is 1. The monoisotopic (exact) mass is 901 g/mol. The number of nitrogens with zero attached hydrogens (tertiary/aromatic N) is 2. The Labute approximate surface area is 376 Å². The molecule has 0 saturated carbocycles. The summed E-state index contributed by atoms with van der Waals surface area (Å²) < 4.78 is 79.9. The summed E-state index contributed by atoms with van der Waals surface area (Å²) >= 11 is 0. The summed E-state index contributed by atoms with van der Waals surface area (Å²) in [7, 11) is 1.55. The lowest BCUT2D eigenvalue weighted by atomic mass is 9.75. The van der Waals surface area contributed by atoms with Gasteiger partial charge in [0, 0.05) is 18.6 Å². The van der Waals surface area contributed by atoms with Crippen molar-refractivity contribution in [3.63, 3.8) is 0 Å². The van der Waals surface area contributed by atoms with Gasteiger partial charge in [0.05, 0.1) is 34.0 Å². The molecule has 0 saturated heterocycles. The topological polar surface area (TPSA) is 92.1 Å². The molecule has 0 aromatic heterocycles. The molecule has 3 aromatic rings. The van der Waals surface area contributed by atoms with Crippen LogP contribution in [0.25, 0.3) is 4.85 Å². The molecule has 3 aromatic carbocycles. The van der Waals surface area contributed by atoms with Crippen LogP contribution in [0, 0.1) is 18.9 Å². The van der Waals surface area contributed by atoms with Gasteiger partial charge < -0.3 is 38.2 Å². The number of rotatable bonds is 30. The van der Waals surface area contributed by atoms with Crippen LogP contribution in [0.2, 0.25) is 0 Å². The van der Waals surface area contributed by atoms with Crippen LogP contribution in [0.1, 0.15) is 115 Å². The third-order valence-corrected chi connectivity index (χ3v) is 13.3. The van der Waals surface area contributed by atoms with Crippen LogP contribution in [0.15, 0.2) is 72.8 Å². The lowest BCUT2D eigenvalue weighted by Crippen LogP contribution is -2.40. The van der Waals surface area contributed by atoms with E-state index in [2.05, 4.69) is 75.3 Å². The molecule has 0 heterocycles. The standard InChI is InChI=1S/C49H71F3N3O7P/c1-11-13-28-47(29-14-12-2,30-15-31-54-46(56)49(50,51)52)36-59-34-45(62-63(61-33-32-53-8)55(37(3)4)38(5)6)35-60-48(40-18-16-39(7)17-19-40,41-20-24-43(57-9)25-21-41)42-22-26-44(58-10)27-23-42/h16-27,37-38,45H,11-15,28-36H2,1-7,9-10H3,(H,54,56). The van der Waals surface area contributed by atoms with Crippen molar-refractivity contribution in [2.45, 2.75) is 130 Å². The zero-order valence-corrected chi connectivity index (χ0v) is 39.8. The maximum Gasteiger partial charge on any atom is 0.471 e. The van der Waals surface area contributed by atoms with E-state index >= 15 is 0 Å². The first-order valence-corrected chi connectivity index (χ1v) is 23.4. The predicted molar refractivity (Wildman–Crippen MR) is 245 cm³/mol. The number of carbonyl (C=O) groups is 1. The van der Waals surface area contributed by atoms with Crippen molar-refractivity contribution in [2.75, 3.05) is 53.7 Å². The summed E-state index contributed by atoms with van der Waals surface area (Å²) in [6.45, 7) is 22.9. The molecule has 63 heavy (non-hydrogen) atoms. The van der Waals surface area contributed by atoms with Crippen molar-refractivity contribution in [3.8, 4) is 11.5 Å². The SMILES string of the molecule is [C-]#[N+]CCOP(OC(COCC(CCCC)(CCCC)CCCNC(=O)C(F)(F)F)COC(c1ccc(C)cc1)(c1ccc(OC)cc1)c1ccc(OC)cc1)N(C(C)C)C(C)C. The fourth-order valence-corrected chi connectivity index (χ4v) is 9.47. The highest BCUT2D eigenvalue weighted by atomic mass is 31.2. The van der Waals surface area contributed by atoms with E-state index in [4.69, 9.17) is 34.6 Å². The average molecular weight is 902 g/mol. The van der Waals surface area contributed by atoms with E-state index in [1.54, 1.807) is 14.2 Å². The van der Waals surface area contributed by atoms with E-state index in [9.17, 15) is 18.0 Å². The van der Waals surface area contributed by atoms with Gasteiger partial charge >= 0.3 is 12.1 Å². The zero-order valence-electron chi connectivity index (χ0n) is 38.9. The summed E-state index contributed by atoms with van der Waals surface area (Å²) in [5.74, 6) is -0.532. The largest absolute Gasteiger partial charge is 0.497 e. The minimum atomic E-state index is -4.93. The van der Waals surface area contributed by atoms with Crippen LogP contribution in [0.5, 0.6) is 11.5 Å². The van der Waals surface area contributed by atoms with Crippen LogP contribution >= 0.6 is 8.53 Å². The summed E-state index contributed by atoms with van der Waals surface area (Å²) in [5, 5.41) is 2.05. The lowest BCUT2D eigenvalue weighted by Gasteiger charge is -2.40. The maximum absolute atomic E-state index is 13.0. The molecule has 2 unspecified atom stereocenters. The number of methoxy groups -OCH3 is 2. The van der Waals surface area contributed by atoms with Crippen LogP contribution in [-0.4, -0.2) is 88.7 Å². The zero-order chi connectivity index (χ0) is 46.5. The van der Waals surface area contributed by atoms with Gasteiger partial charge in [0.25, 0.3) is 8.53 Å². The summed E-state index contributed by atoms with van der Waals surface area (Å²) in [5.41, 5.74) is 2.21. The van der Waals surface area contributed by atoms with Gasteiger partial charge in [-0.2, -0.15) is 13.2 Å². The number of hydrogen-bond donors (Lipinski definition) is 1. The van der Waals surface area contributed by atoms with Gasteiger partial charge in [-0.15, -0.1) is 0 Å². The molecule has 0 radical (unpaired) electrons. The molecule has 0 aliphatic heterocycles. The van der Waals surface area contributed by atoms with E-state index in [-0.39, 0.29) is 50.4 Å². The predicted octanol–water partition coefficient (Wildman–Crippen LogP) is 11.8. The highest BCUT2D eigenvalue weighted by molar-refractivity contribution is 7.44. The van der Waals surface area contributed by atoms with Gasteiger partial charge in [0.15, 0.2) is 0 Å². The first-order chi connectivity index (χ1) is 30.1. The Balaban J connectivity index is 2.15. The van der Waals surface area contributed by atoms with Gasteiger partial charge in [-0.3, -0.25) is 4.79 Å². The van der Waals surface area contributed by atoms with E-state index < -0.39 is 32.3 Å². The second kappa shape index (κ2) is 26.9. The van der Waals surface area contributed by atoms with E-state index in [1.807, 2.05) is 60.8 Å². The van der Waals surface area contributed by atoms with Gasteiger partial charge in [0.2, 0.25) is 6.54 Å². The normalized spacial score (nSPS) is 13.3. The van der Waals surface area contributed by atoms with Gasteiger partial charge in [-0.05, 0) is 107 Å². The Hall–Kier alpha value is -3.76. The number of nitrogens with one attached hydrogen (secondary N) is 1. The van der Waals surface area contributed by atoms with Crippen molar-refractivity contribution >= 4 is 14.4 Å². The smallest absolute Gasteiger partial charge is 0.471 e. The van der Waals surface area contributed by atoms with E-state index in [0.717, 1.165) is 60.8 Å². The van der Waals surface area contributed by atoms with Crippen LogP contribution in [0.4, 0.5) is 13.2 Å². The molecule has 0 fully saturated rings. The number of benzene rings is 3. The molecule has 1 amide bonds. The number of halogens is 3. The minimum Gasteiger partial charge on any atom is -0.497 e. The molecule has 2 atom stereocenters. The Morgan fingerprint density at radius 1 is 0.778 bits per heavy atom. The van der Waals surface area contributed by atoms with Gasteiger partial charge in [0.1, 0.15) is 29.8 Å². The number of alkyl halides is 3. The first-order valence-electron chi connectivity index (χ1n) is 22.2. The molecule has 0 spiro atoms. The highest BCUT2D eigenvalue weighted by Crippen LogP contribution is 2.48. The fraction of sp³-hybridized carbons (Fsp3) is 0.592. The summed E-state index contributed by atoms with van der Waals surface area (Å²) in [4.78, 5) is 15.2. The molecule has 10 nitrogen and oxygen atoms in total. The summed E-state index contributed by atoms with van der Waals surface area (Å²) in [6, 6.07) is 24.0. The Morgan fingerprint density at radius 2 is 1.27 bits per heavy atom. The molecule has 1 N–H and O–H groups in total. The Bertz CT molecular complexity index is 1720. The Kier molecular flexibility index (Phi) is 22.9. The second-order valence-electron chi connectivity index (χ2n) is 16.6. The summed E-state index contributed by atoms with van der Waals surface area (Å²) in [6.07, 6.45) is 0.742. The number of ether oxygens (including phenoxy) is 4. The Morgan fingerprint density at radius 3 is 1.71 bits per heavy atom. The molecular weight excluding hydrogens is 831 g/mol. The van der Waals surface area contributed by atoms with Crippen molar-refractivity contribution in [3.05, 3.63) is 106 Å². The average Bonchev–Trinajstić information content (AvgIpc) is 3.26. The maximum atomic E-state index is 13.0. The van der Waals surface area contributed by atoms with E-state index in [0.29, 0.717) is 30.9 Å². The third-order valence-electron chi connectivity index (χ3n) is 11.1. The molecule has 350 valence electrons. The first kappa shape index (κ1) is 53.6. The van der Waals surface area contributed by atoms with Crippen molar-refractivity contribution in [1.82, 2.24) is 9.99 Å². The molecule has 14 heteroatoms. The fourth-order valence-electron chi connectivity index (χ4n) is 7.80. The van der Waals surface area contributed by atoms with Gasteiger partial charge in [-0.25, -0.2) is 11.2 Å². The minimum absolute atomic E-state index is 0.0466. The number of carbonyl (C=O) groups excluding carboxylic acids is 1. The van der Waals surface area contributed by atoms with E-state index in [1.165, 1.54) is 0 Å². The molecule has 3 rings (SSSR count). The van der Waals surface area contributed by atoms with Crippen LogP contribution in [-0.2, 0) is 28.9 Å². The third kappa shape index (κ3) is 16.3. The molecular formula is C49H71F3N3O7P. The van der Waals surface area contributed by atoms with Crippen molar-refractivity contribution in [2.24, 2.45) is 5.41 Å².